The van der Waals surface area contributed by atoms with Gasteiger partial charge in [0.1, 0.15) is 0 Å². The highest BCUT2D eigenvalue weighted by Crippen LogP contribution is 2.41. The normalized spacial score (nSPS) is 24.3. The Morgan fingerprint density at radius 1 is 1.30 bits per heavy atom. The Balaban J connectivity index is 1.20. The maximum atomic E-state index is 6.71. The summed E-state index contributed by atoms with van der Waals surface area (Å²) in [5.41, 5.74) is 11.3. The van der Waals surface area contributed by atoms with Gasteiger partial charge in [0.05, 0.1) is 34.5 Å². The van der Waals surface area contributed by atoms with Crippen LogP contribution in [0, 0.1) is 5.41 Å². The Morgan fingerprint density at radius 2 is 2.12 bits per heavy atom. The fraction of sp³-hybridized carbons (Fsp3) is 0.500. The van der Waals surface area contributed by atoms with Gasteiger partial charge in [-0.05, 0) is 38.8 Å². The summed E-state index contributed by atoms with van der Waals surface area (Å²) in [6.45, 7) is 7.48. The lowest BCUT2D eigenvalue weighted by Crippen LogP contribution is -2.52. The summed E-state index contributed by atoms with van der Waals surface area (Å²) in [6, 6.07) is 7.98. The van der Waals surface area contributed by atoms with E-state index in [1.807, 2.05) is 35.1 Å². The molecule has 1 spiro atoms. The van der Waals surface area contributed by atoms with E-state index < -0.39 is 0 Å². The summed E-state index contributed by atoms with van der Waals surface area (Å²) in [4.78, 5) is 3.12. The smallest absolute Gasteiger partial charge is 0.170 e. The van der Waals surface area contributed by atoms with Crippen molar-refractivity contribution in [2.75, 3.05) is 19.7 Å². The van der Waals surface area contributed by atoms with Crippen LogP contribution in [0.2, 0.25) is 5.02 Å². The molecule has 2 saturated heterocycles. The maximum Gasteiger partial charge on any atom is 0.170 e. The Hall–Kier alpha value is -2.27. The third-order valence-corrected chi connectivity index (χ3v) is 8.25. The number of ether oxygens (including phenoxy) is 1. The first-order chi connectivity index (χ1) is 16.0. The minimum atomic E-state index is 0.0896. The van der Waals surface area contributed by atoms with Crippen LogP contribution in [0.1, 0.15) is 26.7 Å². The Labute approximate surface area is 203 Å². The summed E-state index contributed by atoms with van der Waals surface area (Å²) in [7, 11) is 0. The fourth-order valence-corrected chi connectivity index (χ4v) is 5.67. The molecule has 9 nitrogen and oxygen atoms in total. The third-order valence-electron chi connectivity index (χ3n) is 6.85. The molecule has 33 heavy (non-hydrogen) atoms. The second kappa shape index (κ2) is 9.17. The van der Waals surface area contributed by atoms with Crippen molar-refractivity contribution in [3.8, 4) is 11.3 Å². The van der Waals surface area contributed by atoms with Gasteiger partial charge in [-0.3, -0.25) is 4.68 Å². The third kappa shape index (κ3) is 4.32. The molecule has 0 bridgehead atoms. The number of hydrogen-bond donors (Lipinski definition) is 2. The van der Waals surface area contributed by atoms with Crippen LogP contribution in [0.3, 0.4) is 0 Å². The highest BCUT2D eigenvalue weighted by molar-refractivity contribution is 7.97. The van der Waals surface area contributed by atoms with Crippen LogP contribution in [-0.4, -0.2) is 63.1 Å². The quantitative estimate of drug-likeness (QED) is 0.638. The largest absolute Gasteiger partial charge is 0.376 e. The minimum absolute atomic E-state index is 0.0896. The van der Waals surface area contributed by atoms with Crippen molar-refractivity contribution in [1.82, 2.24) is 24.7 Å². The van der Waals surface area contributed by atoms with Gasteiger partial charge < -0.3 is 15.4 Å². The number of hydrazine groups is 1. The first-order valence-electron chi connectivity index (χ1n) is 11.3. The second-order valence-corrected chi connectivity index (χ2v) is 10.1. The van der Waals surface area contributed by atoms with Crippen molar-refractivity contribution in [2.24, 2.45) is 21.4 Å². The van der Waals surface area contributed by atoms with E-state index in [-0.39, 0.29) is 17.6 Å². The van der Waals surface area contributed by atoms with Gasteiger partial charge in [0.2, 0.25) is 0 Å². The van der Waals surface area contributed by atoms with Crippen LogP contribution >= 0.6 is 23.5 Å². The van der Waals surface area contributed by atoms with Gasteiger partial charge >= 0.3 is 0 Å². The SMILES string of the molecule is CCn1ccc(-c2cccc(SN3N=CC(N4CCC5(CC4)CO[C@@H](C)[C@H]5N)=NN3)c2Cl)n1. The molecule has 0 radical (unpaired) electrons. The van der Waals surface area contributed by atoms with Crippen LogP contribution in [0.25, 0.3) is 11.3 Å². The van der Waals surface area contributed by atoms with Crippen molar-refractivity contribution in [1.29, 1.82) is 0 Å². The molecule has 2 atom stereocenters. The molecule has 2 fully saturated rings. The fourth-order valence-electron chi connectivity index (χ4n) is 4.66. The van der Waals surface area contributed by atoms with Crippen molar-refractivity contribution >= 4 is 35.6 Å². The number of piperidine rings is 1. The lowest BCUT2D eigenvalue weighted by Gasteiger charge is -2.42. The zero-order valence-corrected chi connectivity index (χ0v) is 20.4. The molecule has 0 unspecified atom stereocenters. The number of amidine groups is 1. The van der Waals surface area contributed by atoms with Crippen LogP contribution < -0.4 is 11.3 Å². The van der Waals surface area contributed by atoms with E-state index in [0.717, 1.165) is 61.1 Å². The number of nitrogens with zero attached hydrogens (tertiary/aromatic N) is 6. The van der Waals surface area contributed by atoms with E-state index in [1.54, 1.807) is 10.7 Å². The van der Waals surface area contributed by atoms with Gasteiger partial charge in [-0.15, -0.1) is 14.7 Å². The first-order valence-corrected chi connectivity index (χ1v) is 12.4. The number of nitrogens with one attached hydrogen (secondary N) is 1. The molecule has 4 heterocycles. The number of aryl methyl sites for hydroxylation is 1. The van der Waals surface area contributed by atoms with E-state index in [9.17, 15) is 0 Å². The second-order valence-electron chi connectivity index (χ2n) is 8.74. The molecule has 1 aromatic heterocycles. The van der Waals surface area contributed by atoms with Crippen LogP contribution in [0.4, 0.5) is 0 Å². The van der Waals surface area contributed by atoms with E-state index in [2.05, 4.69) is 39.6 Å². The van der Waals surface area contributed by atoms with Crippen LogP contribution in [0.5, 0.6) is 0 Å². The summed E-state index contributed by atoms with van der Waals surface area (Å²) >= 11 is 8.08. The molecule has 176 valence electrons. The predicted octanol–water partition coefficient (Wildman–Crippen LogP) is 3.18. The average molecular weight is 489 g/mol. The van der Waals surface area contributed by atoms with Gasteiger partial charge in [-0.1, -0.05) is 23.7 Å². The standard InChI is InChI=1S/C22H29ClN8OS/c1-3-30-10-7-17(27-30)16-5-4-6-18(20(16)23)33-31-25-13-19(26-28-31)29-11-8-22(9-12-29)14-32-15(2)21(22)24/h4-7,10,13,15,21,28H,3,8-9,11-12,14,24H2,1-2H3/t15-,21+/m0/s1. The lowest BCUT2D eigenvalue weighted by molar-refractivity contribution is 0.0840. The van der Waals surface area contributed by atoms with Gasteiger partial charge in [-0.25, -0.2) is 0 Å². The molecule has 3 aliphatic rings. The Bertz CT molecular complexity index is 1060. The number of halogens is 1. The van der Waals surface area contributed by atoms with Crippen LogP contribution in [-0.2, 0) is 11.3 Å². The maximum absolute atomic E-state index is 6.71. The number of benzene rings is 1. The summed E-state index contributed by atoms with van der Waals surface area (Å²) in [6.07, 6.45) is 5.87. The molecular weight excluding hydrogens is 460 g/mol. The van der Waals surface area contributed by atoms with Gasteiger partial charge in [-0.2, -0.15) is 10.6 Å². The van der Waals surface area contributed by atoms with Crippen molar-refractivity contribution in [3.63, 3.8) is 0 Å². The summed E-state index contributed by atoms with van der Waals surface area (Å²) < 4.78 is 9.31. The minimum Gasteiger partial charge on any atom is -0.376 e. The topological polar surface area (TPSA) is 96.3 Å². The highest BCUT2D eigenvalue weighted by Gasteiger charge is 2.47. The highest BCUT2D eigenvalue weighted by atomic mass is 35.5. The summed E-state index contributed by atoms with van der Waals surface area (Å²) in [5.74, 6) is 0.826. The molecule has 2 aromatic rings. The number of hydrogen-bond acceptors (Lipinski definition) is 9. The zero-order chi connectivity index (χ0) is 23.0. The van der Waals surface area contributed by atoms with E-state index in [0.29, 0.717) is 5.02 Å². The average Bonchev–Trinajstić information content (AvgIpc) is 3.43. The van der Waals surface area contributed by atoms with Crippen LogP contribution in [0.15, 0.2) is 45.6 Å². The monoisotopic (exact) mass is 488 g/mol. The van der Waals surface area contributed by atoms with Gasteiger partial charge in [0.15, 0.2) is 5.84 Å². The van der Waals surface area contributed by atoms with Crippen molar-refractivity contribution < 1.29 is 4.74 Å². The molecule has 3 aliphatic heterocycles. The molecule has 3 N–H and O–H groups in total. The summed E-state index contributed by atoms with van der Waals surface area (Å²) in [5, 5.41) is 14.3. The predicted molar refractivity (Wildman–Crippen MR) is 132 cm³/mol. The first kappa shape index (κ1) is 22.5. The van der Waals surface area contributed by atoms with E-state index in [4.69, 9.17) is 22.1 Å². The number of likely N-dealkylation sites (tertiary alicyclic amines) is 1. The Kier molecular flexibility index (Phi) is 6.26. The molecule has 0 amide bonds. The number of rotatable bonds is 4. The molecule has 11 heteroatoms. The number of nitrogens with two attached hydrogens (primary N) is 1. The Morgan fingerprint density at radius 3 is 2.76 bits per heavy atom. The van der Waals surface area contributed by atoms with Crippen molar-refractivity contribution in [3.05, 3.63) is 35.5 Å². The van der Waals surface area contributed by atoms with Crippen molar-refractivity contribution in [2.45, 2.75) is 50.3 Å². The molecule has 0 saturated carbocycles. The lowest BCUT2D eigenvalue weighted by atomic mass is 9.73. The molecule has 1 aromatic carbocycles. The molecular formula is C22H29ClN8OS. The van der Waals surface area contributed by atoms with E-state index >= 15 is 0 Å². The molecule has 0 aliphatic carbocycles. The number of aromatic nitrogens is 2. The van der Waals surface area contributed by atoms with E-state index in [1.165, 1.54) is 11.9 Å². The van der Waals surface area contributed by atoms with Gasteiger partial charge in [0.25, 0.3) is 0 Å². The number of hydrazone groups is 2. The van der Waals surface area contributed by atoms with Gasteiger partial charge in [0, 0.05) is 54.8 Å². The molecule has 5 rings (SSSR count). The zero-order valence-electron chi connectivity index (χ0n) is 18.8.